The zero-order valence-corrected chi connectivity index (χ0v) is 9.93. The minimum atomic E-state index is -1.80. The molecule has 1 heterocycles. The fourth-order valence-corrected chi connectivity index (χ4v) is 3.17. The Bertz CT molecular complexity index is 145. The van der Waals surface area contributed by atoms with Gasteiger partial charge in [-0.15, -0.1) is 0 Å². The third-order valence-corrected chi connectivity index (χ3v) is 5.90. The van der Waals surface area contributed by atoms with E-state index in [-0.39, 0.29) is 0 Å². The van der Waals surface area contributed by atoms with Gasteiger partial charge in [-0.1, -0.05) is 0 Å². The van der Waals surface area contributed by atoms with E-state index in [4.69, 9.17) is 8.85 Å². The molecule has 0 aliphatic carbocycles. The molecule has 78 valence electrons. The third-order valence-electron chi connectivity index (χ3n) is 2.97. The van der Waals surface area contributed by atoms with Crippen LogP contribution >= 0.6 is 0 Å². The Morgan fingerprint density at radius 3 is 2.54 bits per heavy atom. The van der Waals surface area contributed by atoms with Crippen molar-refractivity contribution in [3.05, 3.63) is 0 Å². The first-order chi connectivity index (χ1) is 6.20. The molecule has 1 atom stereocenters. The van der Waals surface area contributed by atoms with Crippen LogP contribution in [0.5, 0.6) is 0 Å². The summed E-state index contributed by atoms with van der Waals surface area (Å²) >= 11 is 0. The van der Waals surface area contributed by atoms with Gasteiger partial charge in [-0.05, 0) is 38.4 Å². The molecule has 0 spiro atoms. The molecule has 1 unspecified atom stereocenters. The van der Waals surface area contributed by atoms with E-state index in [2.05, 4.69) is 11.9 Å². The molecule has 1 aliphatic rings. The maximum atomic E-state index is 5.44. The van der Waals surface area contributed by atoms with Crippen molar-refractivity contribution in [2.45, 2.75) is 37.9 Å². The van der Waals surface area contributed by atoms with Crippen molar-refractivity contribution in [3.8, 4) is 0 Å². The van der Waals surface area contributed by atoms with E-state index in [1.807, 2.05) is 0 Å². The molecule has 0 aromatic heterocycles. The van der Waals surface area contributed by atoms with Crippen LogP contribution in [0.1, 0.15) is 19.3 Å². The van der Waals surface area contributed by atoms with Crippen molar-refractivity contribution >= 4 is 8.56 Å². The first-order valence-corrected chi connectivity index (χ1v) is 7.56. The van der Waals surface area contributed by atoms with Crippen LogP contribution in [0.4, 0.5) is 0 Å². The fraction of sp³-hybridized carbons (Fsp3) is 1.00. The minimum absolute atomic E-state index is 0.706. The molecule has 0 amide bonds. The van der Waals surface area contributed by atoms with Crippen LogP contribution in [-0.2, 0) is 8.85 Å². The van der Waals surface area contributed by atoms with Crippen LogP contribution in [0.25, 0.3) is 0 Å². The second kappa shape index (κ2) is 5.10. The maximum Gasteiger partial charge on any atom is 0.334 e. The third kappa shape index (κ3) is 3.38. The summed E-state index contributed by atoms with van der Waals surface area (Å²) in [5, 5.41) is 3.49. The van der Waals surface area contributed by atoms with Gasteiger partial charge in [0.2, 0.25) is 0 Å². The highest BCUT2D eigenvalue weighted by Crippen LogP contribution is 2.18. The Labute approximate surface area is 82.1 Å². The van der Waals surface area contributed by atoms with Crippen molar-refractivity contribution in [2.24, 2.45) is 0 Å². The van der Waals surface area contributed by atoms with Gasteiger partial charge in [-0.3, -0.25) is 0 Å². The van der Waals surface area contributed by atoms with Gasteiger partial charge < -0.3 is 14.2 Å². The van der Waals surface area contributed by atoms with E-state index < -0.39 is 8.56 Å². The van der Waals surface area contributed by atoms with Gasteiger partial charge in [-0.2, -0.15) is 0 Å². The Balaban J connectivity index is 2.22. The molecule has 4 heteroatoms. The molecule has 1 N–H and O–H groups in total. The highest BCUT2D eigenvalue weighted by atomic mass is 28.4. The van der Waals surface area contributed by atoms with Gasteiger partial charge in [-0.25, -0.2) is 0 Å². The van der Waals surface area contributed by atoms with E-state index >= 15 is 0 Å². The van der Waals surface area contributed by atoms with Gasteiger partial charge in [0.05, 0.1) is 0 Å². The largest absolute Gasteiger partial charge is 0.398 e. The van der Waals surface area contributed by atoms with E-state index in [0.29, 0.717) is 6.04 Å². The molecule has 0 radical (unpaired) electrons. The summed E-state index contributed by atoms with van der Waals surface area (Å²) < 4.78 is 10.9. The minimum Gasteiger partial charge on any atom is -0.398 e. The van der Waals surface area contributed by atoms with Crippen LogP contribution < -0.4 is 5.32 Å². The Hall–Kier alpha value is 0.0969. The van der Waals surface area contributed by atoms with Crippen LogP contribution in [0.3, 0.4) is 0 Å². The van der Waals surface area contributed by atoms with Crippen LogP contribution in [0, 0.1) is 0 Å². The highest BCUT2D eigenvalue weighted by Gasteiger charge is 2.29. The van der Waals surface area contributed by atoms with Gasteiger partial charge in [0, 0.05) is 20.3 Å². The number of hydrogen-bond acceptors (Lipinski definition) is 3. The number of rotatable bonds is 5. The van der Waals surface area contributed by atoms with Crippen molar-refractivity contribution < 1.29 is 8.85 Å². The summed E-state index contributed by atoms with van der Waals surface area (Å²) in [5.41, 5.74) is 0. The summed E-state index contributed by atoms with van der Waals surface area (Å²) in [6, 6.07) is 1.80. The number of nitrogens with one attached hydrogen (secondary N) is 1. The zero-order valence-electron chi connectivity index (χ0n) is 8.93. The first-order valence-electron chi connectivity index (χ1n) is 5.04. The Morgan fingerprint density at radius 1 is 1.38 bits per heavy atom. The molecule has 13 heavy (non-hydrogen) atoms. The average Bonchev–Trinajstić information content (AvgIpc) is 2.67. The lowest BCUT2D eigenvalue weighted by Gasteiger charge is -2.24. The van der Waals surface area contributed by atoms with Gasteiger partial charge in [0.15, 0.2) is 0 Å². The van der Waals surface area contributed by atoms with E-state index in [1.165, 1.54) is 25.8 Å². The molecular weight excluding hydrogens is 182 g/mol. The van der Waals surface area contributed by atoms with Crippen molar-refractivity contribution in [1.29, 1.82) is 0 Å². The topological polar surface area (TPSA) is 30.5 Å². The summed E-state index contributed by atoms with van der Waals surface area (Å²) in [5.74, 6) is 0. The molecule has 0 saturated carbocycles. The molecule has 0 aromatic carbocycles. The summed E-state index contributed by atoms with van der Waals surface area (Å²) in [4.78, 5) is 0. The quantitative estimate of drug-likeness (QED) is 0.687. The summed E-state index contributed by atoms with van der Waals surface area (Å²) in [6.45, 7) is 3.31. The smallest absolute Gasteiger partial charge is 0.334 e. The predicted octanol–water partition coefficient (Wildman–Crippen LogP) is 1.49. The van der Waals surface area contributed by atoms with Crippen molar-refractivity contribution in [1.82, 2.24) is 5.32 Å². The number of hydrogen-bond donors (Lipinski definition) is 1. The van der Waals surface area contributed by atoms with Crippen LogP contribution in [-0.4, -0.2) is 35.4 Å². The summed E-state index contributed by atoms with van der Waals surface area (Å²) in [6.07, 6.45) is 3.84. The van der Waals surface area contributed by atoms with Crippen LogP contribution in [0.15, 0.2) is 0 Å². The lowest BCUT2D eigenvalue weighted by atomic mass is 10.2. The summed E-state index contributed by atoms with van der Waals surface area (Å²) in [7, 11) is 1.72. The maximum absolute atomic E-state index is 5.44. The predicted molar refractivity (Wildman–Crippen MR) is 56.1 cm³/mol. The molecular formula is C9H21NO2Si. The van der Waals surface area contributed by atoms with Gasteiger partial charge >= 0.3 is 8.56 Å². The highest BCUT2D eigenvalue weighted by molar-refractivity contribution is 6.65. The van der Waals surface area contributed by atoms with E-state index in [1.54, 1.807) is 14.2 Å². The van der Waals surface area contributed by atoms with Crippen LogP contribution in [0.2, 0.25) is 12.6 Å². The molecule has 1 fully saturated rings. The van der Waals surface area contributed by atoms with E-state index in [9.17, 15) is 0 Å². The normalized spacial score (nSPS) is 23.8. The van der Waals surface area contributed by atoms with Gasteiger partial charge in [0.1, 0.15) is 0 Å². The van der Waals surface area contributed by atoms with E-state index in [0.717, 1.165) is 6.04 Å². The van der Waals surface area contributed by atoms with Crippen molar-refractivity contribution in [2.75, 3.05) is 20.8 Å². The first kappa shape index (κ1) is 11.2. The SMILES string of the molecule is CO[Si](C)(CCC1CCCN1)OC. The van der Waals surface area contributed by atoms with Gasteiger partial charge in [0.25, 0.3) is 0 Å². The lowest BCUT2D eigenvalue weighted by molar-refractivity contribution is 0.247. The zero-order chi connectivity index (χ0) is 9.73. The molecule has 0 bridgehead atoms. The Morgan fingerprint density at radius 2 is 2.08 bits per heavy atom. The fourth-order valence-electron chi connectivity index (χ4n) is 1.73. The standard InChI is InChI=1S/C9H21NO2Si/c1-11-13(3,12-2)8-6-9-5-4-7-10-9/h9-10H,4-8H2,1-3H3. The molecule has 3 nitrogen and oxygen atoms in total. The average molecular weight is 203 g/mol. The second-order valence-corrected chi connectivity index (χ2v) is 7.46. The van der Waals surface area contributed by atoms with Crippen molar-refractivity contribution in [3.63, 3.8) is 0 Å². The molecule has 1 rings (SSSR count). The molecule has 0 aromatic rings. The molecule has 1 saturated heterocycles. The molecule has 1 aliphatic heterocycles. The second-order valence-electron chi connectivity index (χ2n) is 3.87. The monoisotopic (exact) mass is 203 g/mol. The lowest BCUT2D eigenvalue weighted by Crippen LogP contribution is -2.37. The Kier molecular flexibility index (Phi) is 4.38.